The summed E-state index contributed by atoms with van der Waals surface area (Å²) in [7, 11) is 2.88. The molecule has 0 saturated heterocycles. The minimum Gasteiger partial charge on any atom is -0.497 e. The third kappa shape index (κ3) is 7.10. The standard InChI is InChI=1S/C26H33N3O7/c1-18(26(31)27-20-9-5-4-6-10-20)28(16-19-8-7-11-21(14-19)34-2)25(30)17-36-22-12-13-23(29(32)33)24(15-22)35-3/h7-8,11-15,18,20H,4-6,9-10,16-17H2,1-3H3,(H,27,31)/t18-/m1/s1. The fourth-order valence-corrected chi connectivity index (χ4v) is 4.25. The van der Waals surface area contributed by atoms with Gasteiger partial charge in [-0.2, -0.15) is 0 Å². The molecule has 2 aromatic carbocycles. The lowest BCUT2D eigenvalue weighted by atomic mass is 9.95. The van der Waals surface area contributed by atoms with Crippen molar-refractivity contribution in [2.75, 3.05) is 20.8 Å². The average molecular weight is 500 g/mol. The van der Waals surface area contributed by atoms with Crippen LogP contribution in [0.3, 0.4) is 0 Å². The SMILES string of the molecule is COc1cccc(CN(C(=O)COc2ccc([N+](=O)[O-])c(OC)c2)[C@H](C)C(=O)NC2CCCCC2)c1. The van der Waals surface area contributed by atoms with E-state index in [-0.39, 0.29) is 42.3 Å². The van der Waals surface area contributed by atoms with Gasteiger partial charge in [-0.05, 0) is 43.5 Å². The van der Waals surface area contributed by atoms with E-state index < -0.39 is 16.9 Å². The van der Waals surface area contributed by atoms with E-state index in [4.69, 9.17) is 14.2 Å². The van der Waals surface area contributed by atoms with Crippen LogP contribution in [-0.4, -0.2) is 54.5 Å². The number of carbonyl (C=O) groups excluding carboxylic acids is 2. The normalized spacial score (nSPS) is 14.4. The molecule has 10 heteroatoms. The molecule has 2 aromatic rings. The minimum atomic E-state index is -0.736. The van der Waals surface area contributed by atoms with E-state index >= 15 is 0 Å². The number of benzene rings is 2. The molecule has 0 heterocycles. The lowest BCUT2D eigenvalue weighted by Gasteiger charge is -2.31. The predicted molar refractivity (Wildman–Crippen MR) is 133 cm³/mol. The average Bonchev–Trinajstić information content (AvgIpc) is 2.90. The molecular formula is C26H33N3O7. The van der Waals surface area contributed by atoms with Gasteiger partial charge in [0.05, 0.1) is 19.1 Å². The van der Waals surface area contributed by atoms with E-state index in [1.165, 1.54) is 36.6 Å². The van der Waals surface area contributed by atoms with Gasteiger partial charge in [-0.3, -0.25) is 19.7 Å². The van der Waals surface area contributed by atoms with E-state index in [0.717, 1.165) is 31.2 Å². The first-order chi connectivity index (χ1) is 17.3. The van der Waals surface area contributed by atoms with Crippen molar-refractivity contribution in [1.82, 2.24) is 10.2 Å². The highest BCUT2D eigenvalue weighted by Gasteiger charge is 2.28. The Morgan fingerprint density at radius 3 is 2.50 bits per heavy atom. The van der Waals surface area contributed by atoms with Crippen LogP contribution in [0.1, 0.15) is 44.6 Å². The number of nitro benzene ring substituents is 1. The van der Waals surface area contributed by atoms with Gasteiger partial charge in [-0.1, -0.05) is 31.4 Å². The van der Waals surface area contributed by atoms with Crippen LogP contribution in [0.15, 0.2) is 42.5 Å². The van der Waals surface area contributed by atoms with E-state index in [1.807, 2.05) is 18.2 Å². The zero-order valence-electron chi connectivity index (χ0n) is 20.9. The second-order valence-electron chi connectivity index (χ2n) is 8.77. The van der Waals surface area contributed by atoms with Crippen molar-refractivity contribution in [2.45, 2.75) is 57.7 Å². The van der Waals surface area contributed by atoms with Crippen molar-refractivity contribution in [3.63, 3.8) is 0 Å². The van der Waals surface area contributed by atoms with Crippen molar-refractivity contribution in [3.8, 4) is 17.2 Å². The zero-order chi connectivity index (χ0) is 26.1. The Kier molecular flexibility index (Phi) is 9.49. The van der Waals surface area contributed by atoms with Gasteiger partial charge in [-0.25, -0.2) is 0 Å². The molecule has 3 rings (SSSR count). The van der Waals surface area contributed by atoms with E-state index in [2.05, 4.69) is 5.32 Å². The maximum atomic E-state index is 13.3. The number of nitrogens with zero attached hydrogens (tertiary/aromatic N) is 2. The second kappa shape index (κ2) is 12.8. The topological polar surface area (TPSA) is 120 Å². The summed E-state index contributed by atoms with van der Waals surface area (Å²) in [6.45, 7) is 1.53. The highest BCUT2D eigenvalue weighted by molar-refractivity contribution is 5.88. The summed E-state index contributed by atoms with van der Waals surface area (Å²) in [6.07, 6.45) is 5.21. The Labute approximate surface area is 210 Å². The fraction of sp³-hybridized carbons (Fsp3) is 0.462. The third-order valence-corrected chi connectivity index (χ3v) is 6.32. The number of rotatable bonds is 11. The largest absolute Gasteiger partial charge is 0.497 e. The summed E-state index contributed by atoms with van der Waals surface area (Å²) >= 11 is 0. The molecule has 10 nitrogen and oxygen atoms in total. The molecule has 1 saturated carbocycles. The summed E-state index contributed by atoms with van der Waals surface area (Å²) in [5, 5.41) is 14.2. The van der Waals surface area contributed by atoms with E-state index in [0.29, 0.717) is 5.75 Å². The Morgan fingerprint density at radius 1 is 1.08 bits per heavy atom. The first-order valence-corrected chi connectivity index (χ1v) is 12.0. The van der Waals surface area contributed by atoms with Gasteiger partial charge in [0.1, 0.15) is 17.5 Å². The summed E-state index contributed by atoms with van der Waals surface area (Å²) in [4.78, 5) is 38.4. The van der Waals surface area contributed by atoms with Gasteiger partial charge in [0, 0.05) is 24.7 Å². The molecule has 1 N–H and O–H groups in total. The number of ether oxygens (including phenoxy) is 3. The molecule has 0 unspecified atom stereocenters. The Hall–Kier alpha value is -3.82. The first kappa shape index (κ1) is 26.8. The Bertz CT molecular complexity index is 1070. The fourth-order valence-electron chi connectivity index (χ4n) is 4.25. The van der Waals surface area contributed by atoms with Crippen LogP contribution in [0.25, 0.3) is 0 Å². The van der Waals surface area contributed by atoms with Gasteiger partial charge in [0.25, 0.3) is 5.91 Å². The van der Waals surface area contributed by atoms with E-state index in [9.17, 15) is 19.7 Å². The summed E-state index contributed by atoms with van der Waals surface area (Å²) in [6, 6.07) is 10.7. The smallest absolute Gasteiger partial charge is 0.311 e. The van der Waals surface area contributed by atoms with Crippen LogP contribution in [-0.2, 0) is 16.1 Å². The summed E-state index contributed by atoms with van der Waals surface area (Å²) in [5.74, 6) is 0.301. The number of hydrogen-bond donors (Lipinski definition) is 1. The van der Waals surface area contributed by atoms with Crippen molar-refractivity contribution in [1.29, 1.82) is 0 Å². The Morgan fingerprint density at radius 2 is 1.83 bits per heavy atom. The summed E-state index contributed by atoms with van der Waals surface area (Å²) < 4.78 is 16.0. The van der Waals surface area contributed by atoms with Crippen LogP contribution in [0, 0.1) is 10.1 Å². The molecule has 1 fully saturated rings. The molecule has 1 atom stereocenters. The highest BCUT2D eigenvalue weighted by Crippen LogP contribution is 2.31. The maximum Gasteiger partial charge on any atom is 0.311 e. The number of carbonyl (C=O) groups is 2. The van der Waals surface area contributed by atoms with Crippen molar-refractivity contribution in [3.05, 3.63) is 58.1 Å². The summed E-state index contributed by atoms with van der Waals surface area (Å²) in [5.41, 5.74) is 0.598. The number of nitro groups is 1. The Balaban J connectivity index is 1.75. The van der Waals surface area contributed by atoms with Crippen LogP contribution < -0.4 is 19.5 Å². The molecular weight excluding hydrogens is 466 g/mol. The van der Waals surface area contributed by atoms with E-state index in [1.54, 1.807) is 20.1 Å². The van der Waals surface area contributed by atoms with Crippen molar-refractivity contribution < 1.29 is 28.7 Å². The van der Waals surface area contributed by atoms with Crippen LogP contribution in [0.4, 0.5) is 5.69 Å². The molecule has 0 aliphatic heterocycles. The predicted octanol–water partition coefficient (Wildman–Crippen LogP) is 3.86. The third-order valence-electron chi connectivity index (χ3n) is 6.32. The molecule has 1 aliphatic carbocycles. The molecule has 2 amide bonds. The second-order valence-corrected chi connectivity index (χ2v) is 8.77. The molecule has 36 heavy (non-hydrogen) atoms. The lowest BCUT2D eigenvalue weighted by molar-refractivity contribution is -0.385. The molecule has 0 spiro atoms. The van der Waals surface area contributed by atoms with Crippen LogP contribution >= 0.6 is 0 Å². The van der Waals surface area contributed by atoms with Gasteiger partial charge < -0.3 is 24.4 Å². The van der Waals surface area contributed by atoms with Crippen molar-refractivity contribution in [2.24, 2.45) is 0 Å². The number of amides is 2. The maximum absolute atomic E-state index is 13.3. The lowest BCUT2D eigenvalue weighted by Crippen LogP contribution is -2.51. The van der Waals surface area contributed by atoms with Crippen LogP contribution in [0.2, 0.25) is 0 Å². The van der Waals surface area contributed by atoms with Gasteiger partial charge in [0.15, 0.2) is 6.61 Å². The molecule has 1 aliphatic rings. The highest BCUT2D eigenvalue weighted by atomic mass is 16.6. The zero-order valence-corrected chi connectivity index (χ0v) is 20.9. The molecule has 0 radical (unpaired) electrons. The first-order valence-electron chi connectivity index (χ1n) is 12.0. The number of methoxy groups -OCH3 is 2. The van der Waals surface area contributed by atoms with Crippen molar-refractivity contribution >= 4 is 17.5 Å². The molecule has 0 bridgehead atoms. The van der Waals surface area contributed by atoms with Gasteiger partial charge in [-0.15, -0.1) is 0 Å². The van der Waals surface area contributed by atoms with Gasteiger partial charge >= 0.3 is 5.69 Å². The number of nitrogens with one attached hydrogen (secondary N) is 1. The van der Waals surface area contributed by atoms with Gasteiger partial charge in [0.2, 0.25) is 11.7 Å². The molecule has 194 valence electrons. The number of hydrogen-bond acceptors (Lipinski definition) is 7. The minimum absolute atomic E-state index is 0.0263. The monoisotopic (exact) mass is 499 g/mol. The van der Waals surface area contributed by atoms with Crippen LogP contribution in [0.5, 0.6) is 17.2 Å². The molecule has 0 aromatic heterocycles. The quantitative estimate of drug-likeness (QED) is 0.368.